The fraction of sp³-hybridized carbons (Fsp3) is 0.333. The third kappa shape index (κ3) is 3.53. The number of rotatable bonds is 5. The molecule has 2 N–H and O–H groups in total. The lowest BCUT2D eigenvalue weighted by molar-refractivity contribution is -0.119. The van der Waals surface area contributed by atoms with E-state index in [1.54, 1.807) is 23.9 Å². The van der Waals surface area contributed by atoms with E-state index in [1.807, 2.05) is 6.92 Å². The maximum absolute atomic E-state index is 12.3. The molecule has 0 spiro atoms. The molecule has 1 amide bonds. The summed E-state index contributed by atoms with van der Waals surface area (Å²) in [4.78, 5) is 12.4. The van der Waals surface area contributed by atoms with Gasteiger partial charge in [-0.05, 0) is 38.1 Å². The van der Waals surface area contributed by atoms with Crippen molar-refractivity contribution in [2.75, 3.05) is 11.1 Å². The first-order valence-corrected chi connectivity index (χ1v) is 8.78. The lowest BCUT2D eigenvalue weighted by Crippen LogP contribution is -2.25. The van der Waals surface area contributed by atoms with Crippen LogP contribution in [0, 0.1) is 6.92 Å². The lowest BCUT2D eigenvalue weighted by Gasteiger charge is -2.15. The number of anilines is 1. The Kier molecular flexibility index (Phi) is 4.74. The molecule has 0 aliphatic rings. The summed E-state index contributed by atoms with van der Waals surface area (Å²) in [5.41, 5.74) is 0.875. The van der Waals surface area contributed by atoms with E-state index in [9.17, 15) is 18.3 Å². The second kappa shape index (κ2) is 6.41. The van der Waals surface area contributed by atoms with Gasteiger partial charge in [-0.1, -0.05) is 6.92 Å². The standard InChI is InChI=1S/C15H19N3O4S/c1-4-23(21,22)12-5-6-14(19)13(9-12)17-15(20)11(3)18-10(2)7-8-16-18/h5-9,11,19H,4H2,1-3H3,(H,17,20)/t11-/m1/s1. The van der Waals surface area contributed by atoms with Gasteiger partial charge in [-0.2, -0.15) is 5.10 Å². The molecule has 8 heteroatoms. The van der Waals surface area contributed by atoms with E-state index >= 15 is 0 Å². The Bertz CT molecular complexity index is 827. The average Bonchev–Trinajstić information content (AvgIpc) is 2.94. The molecule has 2 aromatic rings. The van der Waals surface area contributed by atoms with Gasteiger partial charge in [0.25, 0.3) is 0 Å². The monoisotopic (exact) mass is 337 g/mol. The van der Waals surface area contributed by atoms with E-state index < -0.39 is 21.8 Å². The van der Waals surface area contributed by atoms with Crippen LogP contribution >= 0.6 is 0 Å². The highest BCUT2D eigenvalue weighted by Gasteiger charge is 2.20. The average molecular weight is 337 g/mol. The van der Waals surface area contributed by atoms with E-state index in [1.165, 1.54) is 25.1 Å². The molecule has 0 aliphatic carbocycles. The largest absolute Gasteiger partial charge is 0.506 e. The fourth-order valence-electron chi connectivity index (χ4n) is 2.11. The zero-order valence-electron chi connectivity index (χ0n) is 13.1. The van der Waals surface area contributed by atoms with Gasteiger partial charge in [0.05, 0.1) is 16.3 Å². The maximum atomic E-state index is 12.3. The van der Waals surface area contributed by atoms with Crippen molar-refractivity contribution in [3.63, 3.8) is 0 Å². The van der Waals surface area contributed by atoms with Crippen molar-refractivity contribution in [1.82, 2.24) is 9.78 Å². The first kappa shape index (κ1) is 17.0. The number of hydrogen-bond acceptors (Lipinski definition) is 5. The number of nitrogens with zero attached hydrogens (tertiary/aromatic N) is 2. The summed E-state index contributed by atoms with van der Waals surface area (Å²) in [6, 6.07) is 4.99. The second-order valence-corrected chi connectivity index (χ2v) is 7.44. The van der Waals surface area contributed by atoms with Gasteiger partial charge in [-0.15, -0.1) is 0 Å². The second-order valence-electron chi connectivity index (χ2n) is 5.16. The molecule has 1 aromatic heterocycles. The van der Waals surface area contributed by atoms with Crippen LogP contribution in [0.1, 0.15) is 25.6 Å². The van der Waals surface area contributed by atoms with Crippen LogP contribution in [0.3, 0.4) is 0 Å². The first-order chi connectivity index (χ1) is 10.8. The number of carbonyl (C=O) groups is 1. The summed E-state index contributed by atoms with van der Waals surface area (Å²) in [6.07, 6.45) is 1.59. The first-order valence-electron chi connectivity index (χ1n) is 7.13. The number of phenolic OH excluding ortho intramolecular Hbond substituents is 1. The molecule has 23 heavy (non-hydrogen) atoms. The Morgan fingerprint density at radius 3 is 2.65 bits per heavy atom. The maximum Gasteiger partial charge on any atom is 0.249 e. The van der Waals surface area contributed by atoms with E-state index in [4.69, 9.17) is 0 Å². The Labute approximate surface area is 134 Å². The van der Waals surface area contributed by atoms with Crippen LogP contribution in [-0.2, 0) is 14.6 Å². The van der Waals surface area contributed by atoms with E-state index in [-0.39, 0.29) is 22.1 Å². The number of carbonyl (C=O) groups excluding carboxylic acids is 1. The molecule has 0 unspecified atom stereocenters. The topological polar surface area (TPSA) is 101 Å². The molecule has 0 saturated heterocycles. The van der Waals surface area contributed by atoms with Crippen LogP contribution in [0.2, 0.25) is 0 Å². The molecule has 0 aliphatic heterocycles. The molecule has 1 heterocycles. The molecule has 0 fully saturated rings. The van der Waals surface area contributed by atoms with E-state index in [0.29, 0.717) is 0 Å². The molecule has 0 bridgehead atoms. The highest BCUT2D eigenvalue weighted by Crippen LogP contribution is 2.27. The zero-order chi connectivity index (χ0) is 17.2. The third-order valence-corrected chi connectivity index (χ3v) is 5.31. The zero-order valence-corrected chi connectivity index (χ0v) is 14.0. The highest BCUT2D eigenvalue weighted by molar-refractivity contribution is 7.91. The third-order valence-electron chi connectivity index (χ3n) is 3.58. The number of nitrogens with one attached hydrogen (secondary N) is 1. The molecule has 1 aromatic carbocycles. The predicted octanol–water partition coefficient (Wildman–Crippen LogP) is 1.89. The summed E-state index contributed by atoms with van der Waals surface area (Å²) in [5.74, 6) is -0.662. The number of amides is 1. The van der Waals surface area contributed by atoms with Gasteiger partial charge in [0.2, 0.25) is 5.91 Å². The normalized spacial score (nSPS) is 12.8. The number of aromatic hydroxyl groups is 1. The molecule has 1 atom stereocenters. The molecule has 0 radical (unpaired) electrons. The number of benzene rings is 1. The SMILES string of the molecule is CCS(=O)(=O)c1ccc(O)c(NC(=O)[C@@H](C)n2nccc2C)c1. The van der Waals surface area contributed by atoms with Gasteiger partial charge in [-0.25, -0.2) is 8.42 Å². The Hall–Kier alpha value is -2.35. The lowest BCUT2D eigenvalue weighted by atomic mass is 10.2. The molecular weight excluding hydrogens is 318 g/mol. The number of hydrogen-bond donors (Lipinski definition) is 2. The van der Waals surface area contributed by atoms with Gasteiger partial charge in [0, 0.05) is 11.9 Å². The minimum absolute atomic E-state index is 0.0519. The van der Waals surface area contributed by atoms with Crippen LogP contribution in [0.5, 0.6) is 5.75 Å². The van der Waals surface area contributed by atoms with E-state index in [2.05, 4.69) is 10.4 Å². The van der Waals surface area contributed by atoms with Crippen LogP contribution in [0.15, 0.2) is 35.4 Å². The minimum atomic E-state index is -3.42. The smallest absolute Gasteiger partial charge is 0.249 e. The van der Waals surface area contributed by atoms with Crippen LogP contribution in [0.25, 0.3) is 0 Å². The molecular formula is C15H19N3O4S. The number of aryl methyl sites for hydroxylation is 1. The van der Waals surface area contributed by atoms with Crippen molar-refractivity contribution in [1.29, 1.82) is 0 Å². The molecule has 7 nitrogen and oxygen atoms in total. The summed E-state index contributed by atoms with van der Waals surface area (Å²) >= 11 is 0. The summed E-state index contributed by atoms with van der Waals surface area (Å²) in [6.45, 7) is 5.02. The summed E-state index contributed by atoms with van der Waals surface area (Å²) < 4.78 is 25.4. The van der Waals surface area contributed by atoms with Gasteiger partial charge in [0.1, 0.15) is 11.8 Å². The van der Waals surface area contributed by atoms with Gasteiger partial charge in [0.15, 0.2) is 9.84 Å². The van der Waals surface area contributed by atoms with Crippen molar-refractivity contribution >= 4 is 21.4 Å². The van der Waals surface area contributed by atoms with Gasteiger partial charge >= 0.3 is 0 Å². The van der Waals surface area contributed by atoms with Crippen molar-refractivity contribution < 1.29 is 18.3 Å². The summed E-state index contributed by atoms with van der Waals surface area (Å²) in [7, 11) is -3.42. The predicted molar refractivity (Wildman–Crippen MR) is 86.1 cm³/mol. The molecule has 124 valence electrons. The minimum Gasteiger partial charge on any atom is -0.506 e. The molecule has 0 saturated carbocycles. The van der Waals surface area contributed by atoms with Crippen molar-refractivity contribution in [3.8, 4) is 5.75 Å². The Balaban J connectivity index is 2.28. The summed E-state index contributed by atoms with van der Waals surface area (Å²) in [5, 5.41) is 16.5. The highest BCUT2D eigenvalue weighted by atomic mass is 32.2. The number of phenols is 1. The molecule has 2 rings (SSSR count). The van der Waals surface area contributed by atoms with Crippen molar-refractivity contribution in [3.05, 3.63) is 36.2 Å². The van der Waals surface area contributed by atoms with Gasteiger partial charge in [-0.3, -0.25) is 9.48 Å². The number of sulfone groups is 1. The van der Waals surface area contributed by atoms with Crippen molar-refractivity contribution in [2.24, 2.45) is 0 Å². The van der Waals surface area contributed by atoms with Crippen LogP contribution in [0.4, 0.5) is 5.69 Å². The fourth-order valence-corrected chi connectivity index (χ4v) is 3.02. The Morgan fingerprint density at radius 2 is 2.09 bits per heavy atom. The van der Waals surface area contributed by atoms with Gasteiger partial charge < -0.3 is 10.4 Å². The van der Waals surface area contributed by atoms with E-state index in [0.717, 1.165) is 5.69 Å². The quantitative estimate of drug-likeness (QED) is 0.811. The van der Waals surface area contributed by atoms with Crippen LogP contribution < -0.4 is 5.32 Å². The Morgan fingerprint density at radius 1 is 1.39 bits per heavy atom. The van der Waals surface area contributed by atoms with Crippen LogP contribution in [-0.4, -0.2) is 35.0 Å². The number of aromatic nitrogens is 2. The van der Waals surface area contributed by atoms with Crippen molar-refractivity contribution in [2.45, 2.75) is 31.7 Å².